The molecule has 1 aromatic carbocycles. The van der Waals surface area contributed by atoms with Crippen LogP contribution in [0.3, 0.4) is 0 Å². The predicted octanol–water partition coefficient (Wildman–Crippen LogP) is 5.11. The molecule has 1 aromatic heterocycles. The number of thiophene rings is 1. The molecule has 1 heterocycles. The van der Waals surface area contributed by atoms with Gasteiger partial charge in [-0.15, -0.1) is 11.3 Å². The van der Waals surface area contributed by atoms with Crippen molar-refractivity contribution in [2.75, 3.05) is 0 Å². The average Bonchev–Trinajstić information content (AvgIpc) is 2.96. The van der Waals surface area contributed by atoms with Crippen LogP contribution in [0.15, 0.2) is 23.6 Å². The molecule has 0 amide bonds. The number of nitrogens with zero attached hydrogens (tertiary/aromatic N) is 1. The lowest BCUT2D eigenvalue weighted by Gasteiger charge is -2.07. The molecule has 0 N–H and O–H groups in total. The highest BCUT2D eigenvalue weighted by Gasteiger charge is 2.19. The molecule has 0 saturated heterocycles. The minimum atomic E-state index is 0.757. The van der Waals surface area contributed by atoms with Gasteiger partial charge in [0.25, 0.3) is 0 Å². The molecular formula is C14H13NS. The lowest BCUT2D eigenvalue weighted by Crippen LogP contribution is -1.89. The third-order valence-corrected chi connectivity index (χ3v) is 4.48. The summed E-state index contributed by atoms with van der Waals surface area (Å²) < 4.78 is 1.27. The average molecular weight is 227 g/mol. The van der Waals surface area contributed by atoms with E-state index in [0.717, 1.165) is 11.6 Å². The molecule has 0 atom stereocenters. The van der Waals surface area contributed by atoms with Gasteiger partial charge in [-0.05, 0) is 41.2 Å². The molecule has 0 bridgehead atoms. The van der Waals surface area contributed by atoms with Crippen LogP contribution in [0.1, 0.15) is 37.2 Å². The Kier molecular flexibility index (Phi) is 2.41. The first-order valence-corrected chi connectivity index (χ1v) is 6.65. The van der Waals surface area contributed by atoms with Crippen molar-refractivity contribution in [1.82, 2.24) is 0 Å². The Labute approximate surface area is 99.5 Å². The maximum absolute atomic E-state index is 7.02. The zero-order valence-corrected chi connectivity index (χ0v) is 9.89. The van der Waals surface area contributed by atoms with Gasteiger partial charge in [0.2, 0.25) is 0 Å². The zero-order valence-electron chi connectivity index (χ0n) is 9.07. The first-order valence-electron chi connectivity index (χ1n) is 5.77. The van der Waals surface area contributed by atoms with E-state index in [2.05, 4.69) is 16.3 Å². The van der Waals surface area contributed by atoms with Crippen molar-refractivity contribution in [3.63, 3.8) is 0 Å². The number of hydrogen-bond donors (Lipinski definition) is 0. The lowest BCUT2D eigenvalue weighted by atomic mass is 9.97. The smallest absolute Gasteiger partial charge is 0.188 e. The topological polar surface area (TPSA) is 4.36 Å². The third kappa shape index (κ3) is 1.52. The maximum Gasteiger partial charge on any atom is 0.188 e. The van der Waals surface area contributed by atoms with Gasteiger partial charge in [0.05, 0.1) is 6.57 Å². The summed E-state index contributed by atoms with van der Waals surface area (Å²) in [5, 5.41) is 3.68. The predicted molar refractivity (Wildman–Crippen MR) is 69.3 cm³/mol. The molecule has 0 aliphatic heterocycles. The Morgan fingerprint density at radius 3 is 2.81 bits per heavy atom. The molecule has 1 nitrogen and oxygen atoms in total. The molecule has 2 heteroatoms. The molecule has 1 fully saturated rings. The summed E-state index contributed by atoms with van der Waals surface area (Å²) in [7, 11) is 0. The SMILES string of the molecule is [C-]#[N+]c1ccc2c(C3CCCC3)csc2c1. The zero-order chi connectivity index (χ0) is 11.0. The molecule has 0 unspecified atom stereocenters. The molecule has 0 spiro atoms. The fraction of sp³-hybridized carbons (Fsp3) is 0.357. The summed E-state index contributed by atoms with van der Waals surface area (Å²) in [6.07, 6.45) is 5.44. The molecule has 1 saturated carbocycles. The number of benzene rings is 1. The van der Waals surface area contributed by atoms with E-state index in [1.807, 2.05) is 12.1 Å². The minimum Gasteiger partial charge on any atom is -0.238 e. The molecule has 0 radical (unpaired) electrons. The van der Waals surface area contributed by atoms with Crippen molar-refractivity contribution in [2.45, 2.75) is 31.6 Å². The quantitative estimate of drug-likeness (QED) is 0.596. The summed E-state index contributed by atoms with van der Waals surface area (Å²) in [4.78, 5) is 3.48. The first kappa shape index (κ1) is 9.86. The minimum absolute atomic E-state index is 0.757. The fourth-order valence-electron chi connectivity index (χ4n) is 2.66. The third-order valence-electron chi connectivity index (χ3n) is 3.51. The highest BCUT2D eigenvalue weighted by Crippen LogP contribution is 2.41. The van der Waals surface area contributed by atoms with Crippen LogP contribution in [-0.2, 0) is 0 Å². The van der Waals surface area contributed by atoms with Crippen LogP contribution in [0.2, 0.25) is 0 Å². The Hall–Kier alpha value is -1.33. The summed E-state index contributed by atoms with van der Waals surface area (Å²) in [6.45, 7) is 7.02. The largest absolute Gasteiger partial charge is 0.238 e. The summed E-state index contributed by atoms with van der Waals surface area (Å²) >= 11 is 1.79. The van der Waals surface area contributed by atoms with Crippen molar-refractivity contribution >= 4 is 27.1 Å². The van der Waals surface area contributed by atoms with E-state index >= 15 is 0 Å². The maximum atomic E-state index is 7.02. The van der Waals surface area contributed by atoms with E-state index < -0.39 is 0 Å². The van der Waals surface area contributed by atoms with E-state index in [1.165, 1.54) is 41.3 Å². The van der Waals surface area contributed by atoms with Crippen molar-refractivity contribution in [3.05, 3.63) is 40.6 Å². The fourth-order valence-corrected chi connectivity index (χ4v) is 3.73. The van der Waals surface area contributed by atoms with Gasteiger partial charge in [0, 0.05) is 4.70 Å². The second kappa shape index (κ2) is 3.92. The Balaban J connectivity index is 2.10. The Morgan fingerprint density at radius 1 is 1.25 bits per heavy atom. The van der Waals surface area contributed by atoms with Crippen molar-refractivity contribution < 1.29 is 0 Å². The van der Waals surface area contributed by atoms with E-state index in [1.54, 1.807) is 11.3 Å². The Bertz CT molecular complexity index is 556. The van der Waals surface area contributed by atoms with Gasteiger partial charge in [-0.25, -0.2) is 4.85 Å². The molecule has 2 aromatic rings. The van der Waals surface area contributed by atoms with Crippen LogP contribution < -0.4 is 0 Å². The normalized spacial score (nSPS) is 16.7. The van der Waals surface area contributed by atoms with Crippen LogP contribution in [0.4, 0.5) is 5.69 Å². The standard InChI is InChI=1S/C14H13NS/c1-15-11-6-7-12-13(9-16-14(12)8-11)10-4-2-3-5-10/h6-10H,2-5H2. The first-order chi connectivity index (χ1) is 7.88. The summed E-state index contributed by atoms with van der Waals surface area (Å²) in [6, 6.07) is 6.10. The van der Waals surface area contributed by atoms with Crippen molar-refractivity contribution in [2.24, 2.45) is 0 Å². The van der Waals surface area contributed by atoms with E-state index in [9.17, 15) is 0 Å². The van der Waals surface area contributed by atoms with Gasteiger partial charge in [-0.3, -0.25) is 0 Å². The van der Waals surface area contributed by atoms with Gasteiger partial charge in [-0.1, -0.05) is 25.0 Å². The number of hydrogen-bond acceptors (Lipinski definition) is 1. The van der Waals surface area contributed by atoms with Gasteiger partial charge >= 0.3 is 0 Å². The summed E-state index contributed by atoms with van der Waals surface area (Å²) in [5.41, 5.74) is 2.28. The molecule has 1 aliphatic rings. The Morgan fingerprint density at radius 2 is 2.06 bits per heavy atom. The second-order valence-corrected chi connectivity index (χ2v) is 5.38. The lowest BCUT2D eigenvalue weighted by molar-refractivity contribution is 0.732. The van der Waals surface area contributed by atoms with Crippen LogP contribution in [-0.4, -0.2) is 0 Å². The van der Waals surface area contributed by atoms with Crippen LogP contribution in [0.25, 0.3) is 14.9 Å². The van der Waals surface area contributed by atoms with Crippen LogP contribution in [0, 0.1) is 6.57 Å². The monoisotopic (exact) mass is 227 g/mol. The van der Waals surface area contributed by atoms with E-state index in [4.69, 9.17) is 6.57 Å². The van der Waals surface area contributed by atoms with Crippen molar-refractivity contribution in [1.29, 1.82) is 0 Å². The van der Waals surface area contributed by atoms with E-state index in [-0.39, 0.29) is 0 Å². The molecule has 16 heavy (non-hydrogen) atoms. The van der Waals surface area contributed by atoms with Gasteiger partial charge < -0.3 is 0 Å². The van der Waals surface area contributed by atoms with Crippen molar-refractivity contribution in [3.8, 4) is 0 Å². The van der Waals surface area contributed by atoms with Gasteiger partial charge in [0.1, 0.15) is 0 Å². The molecule has 3 rings (SSSR count). The van der Waals surface area contributed by atoms with E-state index in [0.29, 0.717) is 0 Å². The van der Waals surface area contributed by atoms with Gasteiger partial charge in [-0.2, -0.15) is 0 Å². The molecule has 1 aliphatic carbocycles. The molecule has 80 valence electrons. The molecular weight excluding hydrogens is 214 g/mol. The number of fused-ring (bicyclic) bond motifs is 1. The van der Waals surface area contributed by atoms with Crippen LogP contribution in [0.5, 0.6) is 0 Å². The highest BCUT2D eigenvalue weighted by atomic mass is 32.1. The summed E-state index contributed by atoms with van der Waals surface area (Å²) in [5.74, 6) is 0.771. The number of rotatable bonds is 1. The van der Waals surface area contributed by atoms with Crippen LogP contribution >= 0.6 is 11.3 Å². The second-order valence-electron chi connectivity index (χ2n) is 4.46. The highest BCUT2D eigenvalue weighted by molar-refractivity contribution is 7.17. The van der Waals surface area contributed by atoms with Gasteiger partial charge in [0.15, 0.2) is 5.69 Å².